The molecule has 1 atom stereocenters. The molecule has 2 rings (SSSR count). The first-order valence-corrected chi connectivity index (χ1v) is 6.47. The van der Waals surface area contributed by atoms with E-state index in [0.717, 1.165) is 6.07 Å². The van der Waals surface area contributed by atoms with Crippen LogP contribution in [0.25, 0.3) is 0 Å². The lowest BCUT2D eigenvalue weighted by molar-refractivity contribution is -0.140. The van der Waals surface area contributed by atoms with Crippen LogP contribution in [0.1, 0.15) is 22.1 Å². The van der Waals surface area contributed by atoms with Crippen LogP contribution in [0, 0.1) is 11.6 Å². The van der Waals surface area contributed by atoms with Crippen molar-refractivity contribution in [3.05, 3.63) is 70.8 Å². The molecule has 0 amide bonds. The molecule has 0 spiro atoms. The molecule has 0 bridgehead atoms. The van der Waals surface area contributed by atoms with Gasteiger partial charge in [-0.25, -0.2) is 8.78 Å². The van der Waals surface area contributed by atoms with Crippen LogP contribution >= 0.6 is 11.6 Å². The largest absolute Gasteiger partial charge is 0.419 e. The quantitative estimate of drug-likeness (QED) is 0.517. The third kappa shape index (κ3) is 3.73. The van der Waals surface area contributed by atoms with E-state index < -0.39 is 28.8 Å². The Morgan fingerprint density at radius 3 is 2.24 bits per heavy atom. The van der Waals surface area contributed by atoms with Gasteiger partial charge in [-0.1, -0.05) is 24.3 Å². The van der Waals surface area contributed by atoms with Gasteiger partial charge in [-0.2, -0.15) is 13.2 Å². The predicted molar refractivity (Wildman–Crippen MR) is 70.1 cm³/mol. The van der Waals surface area contributed by atoms with E-state index in [1.807, 2.05) is 0 Å². The van der Waals surface area contributed by atoms with Crippen molar-refractivity contribution in [2.75, 3.05) is 0 Å². The van der Waals surface area contributed by atoms with Gasteiger partial charge in [0.05, 0.1) is 10.9 Å². The molecule has 0 aromatic heterocycles. The summed E-state index contributed by atoms with van der Waals surface area (Å²) in [4.78, 5) is 0. The molecule has 1 unspecified atom stereocenters. The smallest absolute Gasteiger partial charge is 0.207 e. The van der Waals surface area contributed by atoms with Crippen LogP contribution in [0.2, 0.25) is 0 Å². The summed E-state index contributed by atoms with van der Waals surface area (Å²) in [6.07, 6.45) is -4.79. The molecule has 0 saturated heterocycles. The molecule has 0 aliphatic heterocycles. The zero-order valence-corrected chi connectivity index (χ0v) is 11.3. The zero-order chi connectivity index (χ0) is 15.6. The van der Waals surface area contributed by atoms with E-state index in [-0.39, 0.29) is 17.5 Å². The Labute approximate surface area is 123 Å². The third-order valence-electron chi connectivity index (χ3n) is 3.01. The summed E-state index contributed by atoms with van der Waals surface area (Å²) in [5, 5.41) is -0.886. The van der Waals surface area contributed by atoms with Crippen LogP contribution in [0.5, 0.6) is 0 Å². The summed E-state index contributed by atoms with van der Waals surface area (Å²) in [5.74, 6) is -1.85. The molecular formula is C15H10ClF5. The fraction of sp³-hybridized carbons (Fsp3) is 0.200. The van der Waals surface area contributed by atoms with Crippen molar-refractivity contribution in [2.24, 2.45) is 0 Å². The van der Waals surface area contributed by atoms with Crippen LogP contribution in [-0.4, -0.2) is 0 Å². The second kappa shape index (κ2) is 6.02. The number of hydrogen-bond donors (Lipinski definition) is 0. The molecule has 0 aliphatic rings. The second-order valence-electron chi connectivity index (χ2n) is 4.50. The van der Waals surface area contributed by atoms with Gasteiger partial charge in [0.1, 0.15) is 11.6 Å². The maximum atomic E-state index is 13.5. The highest BCUT2D eigenvalue weighted by molar-refractivity contribution is 6.20. The van der Waals surface area contributed by atoms with E-state index >= 15 is 0 Å². The normalized spacial score (nSPS) is 13.2. The van der Waals surface area contributed by atoms with E-state index in [1.165, 1.54) is 24.3 Å². The van der Waals surface area contributed by atoms with Gasteiger partial charge in [0.25, 0.3) is 0 Å². The topological polar surface area (TPSA) is 0 Å². The fourth-order valence-electron chi connectivity index (χ4n) is 1.93. The van der Waals surface area contributed by atoms with Gasteiger partial charge in [-0.3, -0.25) is 0 Å². The first kappa shape index (κ1) is 15.8. The highest BCUT2D eigenvalue weighted by Crippen LogP contribution is 2.35. The van der Waals surface area contributed by atoms with Gasteiger partial charge in [0.15, 0.2) is 0 Å². The van der Waals surface area contributed by atoms with E-state index in [0.29, 0.717) is 6.07 Å². The van der Waals surface area contributed by atoms with E-state index in [1.54, 1.807) is 6.07 Å². The number of alkyl halides is 4. The van der Waals surface area contributed by atoms with Gasteiger partial charge in [-0.05, 0) is 35.7 Å². The van der Waals surface area contributed by atoms with Gasteiger partial charge < -0.3 is 0 Å². The molecule has 2 aromatic rings. The molecule has 0 aliphatic carbocycles. The van der Waals surface area contributed by atoms with Crippen molar-refractivity contribution in [1.29, 1.82) is 0 Å². The molecule has 112 valence electrons. The monoisotopic (exact) mass is 320 g/mol. The van der Waals surface area contributed by atoms with Crippen molar-refractivity contribution in [2.45, 2.75) is 18.0 Å². The first-order chi connectivity index (χ1) is 9.79. The number of halogens is 6. The van der Waals surface area contributed by atoms with E-state index in [9.17, 15) is 22.0 Å². The highest BCUT2D eigenvalue weighted by Gasteiger charge is 2.34. The summed E-state index contributed by atoms with van der Waals surface area (Å²) >= 11 is 6.03. The maximum Gasteiger partial charge on any atom is 0.419 e. The summed E-state index contributed by atoms with van der Waals surface area (Å²) in [5.41, 5.74) is -0.997. The molecular weight excluding hydrogens is 311 g/mol. The lowest BCUT2D eigenvalue weighted by Crippen LogP contribution is -2.09. The van der Waals surface area contributed by atoms with Gasteiger partial charge in [0.2, 0.25) is 0 Å². The highest BCUT2D eigenvalue weighted by atomic mass is 35.5. The lowest BCUT2D eigenvalue weighted by Gasteiger charge is -2.14. The number of rotatable bonds is 3. The number of benzene rings is 2. The minimum Gasteiger partial charge on any atom is -0.207 e. The molecule has 0 fully saturated rings. The standard InChI is InChI=1S/C15H10ClF5/c16-12(8-10-3-1-2-4-13(10)17)9-5-6-14(18)11(7-9)15(19,20)21/h1-7,12H,8H2. The predicted octanol–water partition coefficient (Wildman–Crippen LogP) is 5.51. The fourth-order valence-corrected chi connectivity index (χ4v) is 2.23. The van der Waals surface area contributed by atoms with Crippen molar-refractivity contribution >= 4 is 11.6 Å². The Morgan fingerprint density at radius 2 is 1.62 bits per heavy atom. The van der Waals surface area contributed by atoms with E-state index in [4.69, 9.17) is 11.6 Å². The molecule has 0 nitrogen and oxygen atoms in total. The van der Waals surface area contributed by atoms with Crippen LogP contribution in [-0.2, 0) is 12.6 Å². The Hall–Kier alpha value is -1.62. The second-order valence-corrected chi connectivity index (χ2v) is 5.03. The lowest BCUT2D eigenvalue weighted by atomic mass is 10.0. The summed E-state index contributed by atoms with van der Waals surface area (Å²) in [7, 11) is 0. The molecule has 0 radical (unpaired) electrons. The van der Waals surface area contributed by atoms with Gasteiger partial charge in [-0.15, -0.1) is 11.6 Å². The van der Waals surface area contributed by atoms with Crippen LogP contribution in [0.3, 0.4) is 0 Å². The molecule has 21 heavy (non-hydrogen) atoms. The van der Waals surface area contributed by atoms with Crippen molar-refractivity contribution in [1.82, 2.24) is 0 Å². The Morgan fingerprint density at radius 1 is 0.952 bits per heavy atom. The maximum absolute atomic E-state index is 13.5. The molecule has 0 heterocycles. The van der Waals surface area contributed by atoms with Crippen LogP contribution in [0.4, 0.5) is 22.0 Å². The van der Waals surface area contributed by atoms with Crippen molar-refractivity contribution in [3.8, 4) is 0 Å². The Kier molecular flexibility index (Phi) is 4.52. The van der Waals surface area contributed by atoms with Crippen molar-refractivity contribution in [3.63, 3.8) is 0 Å². The average molecular weight is 321 g/mol. The molecule has 0 N–H and O–H groups in total. The van der Waals surface area contributed by atoms with Gasteiger partial charge in [0, 0.05) is 0 Å². The Bertz CT molecular complexity index is 636. The molecule has 0 saturated carbocycles. The Balaban J connectivity index is 2.28. The van der Waals surface area contributed by atoms with Crippen LogP contribution < -0.4 is 0 Å². The number of hydrogen-bond acceptors (Lipinski definition) is 0. The molecule has 2 aromatic carbocycles. The summed E-state index contributed by atoms with van der Waals surface area (Å²) in [6.45, 7) is 0. The average Bonchev–Trinajstić information content (AvgIpc) is 2.40. The minimum atomic E-state index is -4.80. The zero-order valence-electron chi connectivity index (χ0n) is 10.6. The first-order valence-electron chi connectivity index (χ1n) is 6.03. The van der Waals surface area contributed by atoms with Crippen LogP contribution in [0.15, 0.2) is 42.5 Å². The van der Waals surface area contributed by atoms with Crippen molar-refractivity contribution < 1.29 is 22.0 Å². The molecule has 6 heteroatoms. The third-order valence-corrected chi connectivity index (χ3v) is 3.42. The summed E-state index contributed by atoms with van der Waals surface area (Å²) in [6, 6.07) is 8.39. The van der Waals surface area contributed by atoms with Gasteiger partial charge >= 0.3 is 6.18 Å². The van der Waals surface area contributed by atoms with E-state index in [2.05, 4.69) is 0 Å². The summed E-state index contributed by atoms with van der Waals surface area (Å²) < 4.78 is 64.6. The SMILES string of the molecule is Fc1ccccc1CC(Cl)c1ccc(F)c(C(F)(F)F)c1. The minimum absolute atomic E-state index is 0.0111.